The van der Waals surface area contributed by atoms with Crippen LogP contribution in [0.2, 0.25) is 0 Å². The molecule has 12 aromatic carbocycles. The predicted molar refractivity (Wildman–Crippen MR) is 315 cm³/mol. The van der Waals surface area contributed by atoms with Crippen LogP contribution in [0, 0.1) is 0 Å². The molecule has 0 spiro atoms. The molecule has 0 N–H and O–H groups in total. The van der Waals surface area contributed by atoms with Crippen molar-refractivity contribution >= 4 is 60.8 Å². The molecule has 0 fully saturated rings. The zero-order chi connectivity index (χ0) is 49.7. The highest BCUT2D eigenvalue weighted by Crippen LogP contribution is 2.41. The second-order valence-corrected chi connectivity index (χ2v) is 19.3. The van der Waals surface area contributed by atoms with Crippen LogP contribution >= 0.6 is 0 Å². The summed E-state index contributed by atoms with van der Waals surface area (Å²) < 4.78 is 8.84. The summed E-state index contributed by atoms with van der Waals surface area (Å²) in [6.45, 7) is 0. The molecule has 0 bridgehead atoms. The summed E-state index contributed by atoms with van der Waals surface area (Å²) in [5.74, 6) is 0. The van der Waals surface area contributed by atoms with Gasteiger partial charge in [-0.25, -0.2) is 0 Å². The van der Waals surface area contributed by atoms with Crippen LogP contribution in [0.15, 0.2) is 296 Å². The Balaban J connectivity index is 0.789. The van der Waals surface area contributed by atoms with Gasteiger partial charge in [-0.15, -0.1) is 0 Å². The highest BCUT2D eigenvalue weighted by Gasteiger charge is 2.17. The van der Waals surface area contributed by atoms with Crippen LogP contribution < -0.4 is 4.90 Å². The molecule has 3 heteroatoms. The van der Waals surface area contributed by atoms with Crippen molar-refractivity contribution in [3.63, 3.8) is 0 Å². The van der Waals surface area contributed by atoms with Gasteiger partial charge in [-0.1, -0.05) is 200 Å². The van der Waals surface area contributed by atoms with Gasteiger partial charge in [0.15, 0.2) is 0 Å². The summed E-state index contributed by atoms with van der Waals surface area (Å²) in [5.41, 5.74) is 22.7. The van der Waals surface area contributed by atoms with E-state index in [-0.39, 0.29) is 0 Å². The highest BCUT2D eigenvalue weighted by atomic mass is 16.3. The Hall–Kier alpha value is -9.96. The van der Waals surface area contributed by atoms with Crippen molar-refractivity contribution in [2.24, 2.45) is 0 Å². The molecule has 75 heavy (non-hydrogen) atoms. The zero-order valence-corrected chi connectivity index (χ0v) is 41.0. The van der Waals surface area contributed by atoms with Crippen molar-refractivity contribution in [3.05, 3.63) is 291 Å². The standard InChI is InChI=1S/C72H48N2O/c1-4-12-49(13-5-1)51-20-24-53(25-21-51)55-28-37-62(38-29-55)73(63-39-30-56(31-40-63)54-26-22-52(23-27-54)50-14-6-2-7-15-50)64-41-32-57(33-42-64)58-35-44-71-67(47-58)68-48-60(36-45-72(68)75-71)59-34-43-70-66(46-59)65-18-10-11-19-69(65)74(70)61-16-8-3-9-17-61/h1-48H. The molecule has 14 aromatic rings. The van der Waals surface area contributed by atoms with Gasteiger partial charge in [0.2, 0.25) is 0 Å². The van der Waals surface area contributed by atoms with E-state index in [1.807, 2.05) is 0 Å². The van der Waals surface area contributed by atoms with Crippen LogP contribution in [0.3, 0.4) is 0 Å². The van der Waals surface area contributed by atoms with E-state index in [2.05, 4.69) is 301 Å². The van der Waals surface area contributed by atoms with E-state index < -0.39 is 0 Å². The molecule has 0 saturated heterocycles. The Bertz CT molecular complexity index is 4200. The molecule has 3 nitrogen and oxygen atoms in total. The van der Waals surface area contributed by atoms with Gasteiger partial charge in [-0.3, -0.25) is 0 Å². The monoisotopic (exact) mass is 956 g/mol. The smallest absolute Gasteiger partial charge is 0.135 e. The number of furan rings is 1. The Morgan fingerprint density at radius 2 is 0.533 bits per heavy atom. The maximum absolute atomic E-state index is 6.47. The van der Waals surface area contributed by atoms with Gasteiger partial charge >= 0.3 is 0 Å². The molecule has 2 heterocycles. The van der Waals surface area contributed by atoms with Crippen molar-refractivity contribution in [2.75, 3.05) is 4.90 Å². The summed E-state index contributed by atoms with van der Waals surface area (Å²) >= 11 is 0. The van der Waals surface area contributed by atoms with Gasteiger partial charge in [-0.2, -0.15) is 0 Å². The summed E-state index contributed by atoms with van der Waals surface area (Å²) in [4.78, 5) is 2.35. The van der Waals surface area contributed by atoms with Crippen molar-refractivity contribution in [1.82, 2.24) is 4.57 Å². The van der Waals surface area contributed by atoms with Crippen LogP contribution in [0.1, 0.15) is 0 Å². The lowest BCUT2D eigenvalue weighted by Crippen LogP contribution is -2.09. The molecule has 0 amide bonds. The number of hydrogen-bond donors (Lipinski definition) is 0. The van der Waals surface area contributed by atoms with Crippen molar-refractivity contribution in [3.8, 4) is 72.4 Å². The summed E-state index contributed by atoms with van der Waals surface area (Å²) in [6, 6.07) is 105. The fourth-order valence-electron chi connectivity index (χ4n) is 11.0. The van der Waals surface area contributed by atoms with Gasteiger partial charge in [0, 0.05) is 44.3 Å². The SMILES string of the molecule is c1ccc(-c2ccc(-c3ccc(N(c4ccc(-c5ccc(-c6ccccc6)cc5)cc4)c4ccc(-c5ccc6oc7ccc(-c8ccc9c(c8)c8ccccc8n9-c8ccccc8)cc7c6c5)cc4)cc3)cc2)cc1. The number of benzene rings is 12. The topological polar surface area (TPSA) is 21.3 Å². The molecular weight excluding hydrogens is 909 g/mol. The average molecular weight is 957 g/mol. The first-order chi connectivity index (χ1) is 37.1. The molecule has 352 valence electrons. The zero-order valence-electron chi connectivity index (χ0n) is 41.0. The van der Waals surface area contributed by atoms with Crippen LogP contribution in [-0.2, 0) is 0 Å². The highest BCUT2D eigenvalue weighted by molar-refractivity contribution is 6.11. The third-order valence-electron chi connectivity index (χ3n) is 14.9. The van der Waals surface area contributed by atoms with Gasteiger partial charge in [-0.05, 0) is 158 Å². The average Bonchev–Trinajstić information content (AvgIpc) is 4.04. The number of nitrogens with zero attached hydrogens (tertiary/aromatic N) is 2. The second kappa shape index (κ2) is 18.6. The minimum Gasteiger partial charge on any atom is -0.456 e. The normalized spacial score (nSPS) is 11.5. The minimum atomic E-state index is 0.876. The van der Waals surface area contributed by atoms with E-state index in [1.165, 1.54) is 71.9 Å². The molecule has 0 aliphatic carbocycles. The number of aromatic nitrogens is 1. The van der Waals surface area contributed by atoms with Gasteiger partial charge < -0.3 is 13.9 Å². The predicted octanol–water partition coefficient (Wildman–Crippen LogP) is 20.2. The fraction of sp³-hybridized carbons (Fsp3) is 0. The lowest BCUT2D eigenvalue weighted by atomic mass is 9.98. The number of para-hydroxylation sites is 2. The largest absolute Gasteiger partial charge is 0.456 e. The second-order valence-electron chi connectivity index (χ2n) is 19.3. The molecular formula is C72H48N2O. The quantitative estimate of drug-likeness (QED) is 0.136. The lowest BCUT2D eigenvalue weighted by Gasteiger charge is -2.26. The first-order valence-electron chi connectivity index (χ1n) is 25.6. The number of hydrogen-bond acceptors (Lipinski definition) is 2. The van der Waals surface area contributed by atoms with E-state index in [4.69, 9.17) is 4.42 Å². The molecule has 0 unspecified atom stereocenters. The number of rotatable bonds is 10. The van der Waals surface area contributed by atoms with E-state index in [1.54, 1.807) is 0 Å². The Labute approximate surface area is 436 Å². The van der Waals surface area contributed by atoms with Crippen LogP contribution in [0.25, 0.3) is 116 Å². The minimum absolute atomic E-state index is 0.876. The fourth-order valence-corrected chi connectivity index (χ4v) is 11.0. The lowest BCUT2D eigenvalue weighted by molar-refractivity contribution is 0.669. The molecule has 14 rings (SSSR count). The number of anilines is 3. The van der Waals surface area contributed by atoms with Crippen LogP contribution in [0.5, 0.6) is 0 Å². The molecule has 0 radical (unpaired) electrons. The third-order valence-corrected chi connectivity index (χ3v) is 14.9. The Morgan fingerprint density at radius 1 is 0.227 bits per heavy atom. The Morgan fingerprint density at radius 3 is 0.987 bits per heavy atom. The van der Waals surface area contributed by atoms with E-state index in [0.29, 0.717) is 0 Å². The van der Waals surface area contributed by atoms with Gasteiger partial charge in [0.05, 0.1) is 11.0 Å². The van der Waals surface area contributed by atoms with Crippen molar-refractivity contribution < 1.29 is 4.42 Å². The van der Waals surface area contributed by atoms with Crippen LogP contribution in [-0.4, -0.2) is 4.57 Å². The van der Waals surface area contributed by atoms with E-state index in [9.17, 15) is 0 Å². The van der Waals surface area contributed by atoms with Crippen LogP contribution in [0.4, 0.5) is 17.1 Å². The maximum Gasteiger partial charge on any atom is 0.135 e. The van der Waals surface area contributed by atoms with E-state index >= 15 is 0 Å². The molecule has 0 atom stereocenters. The summed E-state index contributed by atoms with van der Waals surface area (Å²) in [5, 5.41) is 4.67. The Kier molecular flexibility index (Phi) is 10.8. The molecule has 0 saturated carbocycles. The van der Waals surface area contributed by atoms with Crippen molar-refractivity contribution in [1.29, 1.82) is 0 Å². The first kappa shape index (κ1) is 43.8. The van der Waals surface area contributed by atoms with E-state index in [0.717, 1.165) is 61.4 Å². The summed E-state index contributed by atoms with van der Waals surface area (Å²) in [6.07, 6.45) is 0. The maximum atomic E-state index is 6.47. The van der Waals surface area contributed by atoms with Crippen molar-refractivity contribution in [2.45, 2.75) is 0 Å². The van der Waals surface area contributed by atoms with Gasteiger partial charge in [0.1, 0.15) is 11.2 Å². The number of fused-ring (bicyclic) bond motifs is 6. The van der Waals surface area contributed by atoms with Gasteiger partial charge in [0.25, 0.3) is 0 Å². The summed E-state index contributed by atoms with van der Waals surface area (Å²) in [7, 11) is 0. The molecule has 2 aromatic heterocycles. The first-order valence-corrected chi connectivity index (χ1v) is 25.6. The third kappa shape index (κ3) is 8.14. The molecule has 0 aliphatic rings. The molecule has 0 aliphatic heterocycles.